The third-order valence-electron chi connectivity index (χ3n) is 2.61. The Labute approximate surface area is 90.1 Å². The summed E-state index contributed by atoms with van der Waals surface area (Å²) in [5.74, 6) is 0. The summed E-state index contributed by atoms with van der Waals surface area (Å²) in [5, 5.41) is 2.90. The lowest BCUT2D eigenvalue weighted by Crippen LogP contribution is -2.36. The lowest BCUT2D eigenvalue weighted by atomic mass is 10.3. The molecule has 3 nitrogen and oxygen atoms in total. The highest BCUT2D eigenvalue weighted by atomic mass is 16.2. The SMILES string of the molecule is CCN(C(=O)Nc1ccccc1)C1CC1. The van der Waals surface area contributed by atoms with Crippen LogP contribution in [0.4, 0.5) is 10.5 Å². The molecule has 0 atom stereocenters. The quantitative estimate of drug-likeness (QED) is 0.806. The smallest absolute Gasteiger partial charge is 0.322 e. The van der Waals surface area contributed by atoms with E-state index in [0.29, 0.717) is 6.04 Å². The molecule has 0 aromatic heterocycles. The Morgan fingerprint density at radius 1 is 1.40 bits per heavy atom. The molecule has 0 radical (unpaired) electrons. The molecule has 15 heavy (non-hydrogen) atoms. The van der Waals surface area contributed by atoms with Gasteiger partial charge in [-0.1, -0.05) is 18.2 Å². The fourth-order valence-electron chi connectivity index (χ4n) is 1.67. The minimum atomic E-state index is 0.0196. The minimum Gasteiger partial charge on any atom is -0.322 e. The Balaban J connectivity index is 1.96. The first-order chi connectivity index (χ1) is 7.31. The predicted octanol–water partition coefficient (Wildman–Crippen LogP) is 2.70. The number of benzene rings is 1. The van der Waals surface area contributed by atoms with E-state index in [-0.39, 0.29) is 6.03 Å². The molecule has 1 aromatic carbocycles. The van der Waals surface area contributed by atoms with Gasteiger partial charge in [-0.3, -0.25) is 0 Å². The number of hydrogen-bond donors (Lipinski definition) is 1. The molecule has 0 unspecified atom stereocenters. The number of nitrogens with one attached hydrogen (secondary N) is 1. The molecule has 0 heterocycles. The van der Waals surface area contributed by atoms with Gasteiger partial charge < -0.3 is 10.2 Å². The van der Waals surface area contributed by atoms with Crippen molar-refractivity contribution >= 4 is 11.7 Å². The van der Waals surface area contributed by atoms with Gasteiger partial charge in [-0.2, -0.15) is 0 Å². The summed E-state index contributed by atoms with van der Waals surface area (Å²) in [5.41, 5.74) is 0.863. The summed E-state index contributed by atoms with van der Waals surface area (Å²) >= 11 is 0. The number of nitrogens with zero attached hydrogens (tertiary/aromatic N) is 1. The second-order valence-electron chi connectivity index (χ2n) is 3.81. The zero-order valence-corrected chi connectivity index (χ0v) is 8.94. The van der Waals surface area contributed by atoms with Crippen molar-refractivity contribution in [2.24, 2.45) is 0 Å². The first-order valence-electron chi connectivity index (χ1n) is 5.44. The number of amides is 2. The van der Waals surface area contributed by atoms with Gasteiger partial charge >= 0.3 is 6.03 Å². The van der Waals surface area contributed by atoms with Gasteiger partial charge in [-0.15, -0.1) is 0 Å². The molecule has 80 valence electrons. The second-order valence-corrected chi connectivity index (χ2v) is 3.81. The van der Waals surface area contributed by atoms with Crippen molar-refractivity contribution in [1.29, 1.82) is 0 Å². The Hall–Kier alpha value is -1.51. The lowest BCUT2D eigenvalue weighted by molar-refractivity contribution is 0.212. The molecule has 1 aromatic rings. The van der Waals surface area contributed by atoms with Crippen LogP contribution in [0.3, 0.4) is 0 Å². The number of anilines is 1. The highest BCUT2D eigenvalue weighted by Gasteiger charge is 2.31. The van der Waals surface area contributed by atoms with E-state index in [1.165, 1.54) is 0 Å². The number of para-hydroxylation sites is 1. The van der Waals surface area contributed by atoms with Gasteiger partial charge in [0.1, 0.15) is 0 Å². The zero-order valence-electron chi connectivity index (χ0n) is 8.94. The van der Waals surface area contributed by atoms with E-state index in [9.17, 15) is 4.79 Å². The molecule has 0 aliphatic heterocycles. The topological polar surface area (TPSA) is 32.3 Å². The number of hydrogen-bond acceptors (Lipinski definition) is 1. The van der Waals surface area contributed by atoms with Crippen LogP contribution < -0.4 is 5.32 Å². The van der Waals surface area contributed by atoms with Crippen molar-refractivity contribution in [2.75, 3.05) is 11.9 Å². The van der Waals surface area contributed by atoms with Crippen molar-refractivity contribution in [3.8, 4) is 0 Å². The Morgan fingerprint density at radius 3 is 2.60 bits per heavy atom. The number of carbonyl (C=O) groups is 1. The molecular formula is C12H16N2O. The first-order valence-corrected chi connectivity index (χ1v) is 5.44. The number of carbonyl (C=O) groups excluding carboxylic acids is 1. The van der Waals surface area contributed by atoms with Crippen LogP contribution in [0.1, 0.15) is 19.8 Å². The summed E-state index contributed by atoms with van der Waals surface area (Å²) in [4.78, 5) is 13.7. The average Bonchev–Trinajstić information content (AvgIpc) is 3.04. The van der Waals surface area contributed by atoms with E-state index < -0.39 is 0 Å². The van der Waals surface area contributed by atoms with E-state index in [0.717, 1.165) is 25.1 Å². The largest absolute Gasteiger partial charge is 0.322 e. The standard InChI is InChI=1S/C12H16N2O/c1-2-14(11-8-9-11)12(15)13-10-6-4-3-5-7-10/h3-7,11H,2,8-9H2,1H3,(H,13,15). The fourth-order valence-corrected chi connectivity index (χ4v) is 1.67. The molecule has 0 bridgehead atoms. The summed E-state index contributed by atoms with van der Waals surface area (Å²) in [7, 11) is 0. The van der Waals surface area contributed by atoms with Gasteiger partial charge in [0.15, 0.2) is 0 Å². The summed E-state index contributed by atoms with van der Waals surface area (Å²) in [6.07, 6.45) is 2.30. The van der Waals surface area contributed by atoms with Gasteiger partial charge in [0.2, 0.25) is 0 Å². The summed E-state index contributed by atoms with van der Waals surface area (Å²) < 4.78 is 0. The fraction of sp³-hybridized carbons (Fsp3) is 0.417. The van der Waals surface area contributed by atoms with Crippen LogP contribution in [-0.2, 0) is 0 Å². The molecule has 1 saturated carbocycles. The van der Waals surface area contributed by atoms with Crippen molar-refractivity contribution < 1.29 is 4.79 Å². The van der Waals surface area contributed by atoms with Crippen LogP contribution in [0.25, 0.3) is 0 Å². The highest BCUT2D eigenvalue weighted by Crippen LogP contribution is 2.27. The van der Waals surface area contributed by atoms with Crippen LogP contribution in [0, 0.1) is 0 Å². The third-order valence-corrected chi connectivity index (χ3v) is 2.61. The third kappa shape index (κ3) is 2.49. The number of urea groups is 1. The van der Waals surface area contributed by atoms with E-state index in [1.54, 1.807) is 0 Å². The van der Waals surface area contributed by atoms with E-state index >= 15 is 0 Å². The van der Waals surface area contributed by atoms with Gasteiger partial charge in [0.25, 0.3) is 0 Å². The first kappa shape index (κ1) is 10.0. The van der Waals surface area contributed by atoms with E-state index in [2.05, 4.69) is 5.32 Å². The number of rotatable bonds is 3. The highest BCUT2D eigenvalue weighted by molar-refractivity contribution is 5.89. The van der Waals surface area contributed by atoms with Crippen LogP contribution in [-0.4, -0.2) is 23.5 Å². The maximum Gasteiger partial charge on any atom is 0.322 e. The molecule has 3 heteroatoms. The van der Waals surface area contributed by atoms with E-state index in [1.807, 2.05) is 42.2 Å². The Morgan fingerprint density at radius 2 is 2.07 bits per heavy atom. The lowest BCUT2D eigenvalue weighted by Gasteiger charge is -2.20. The Bertz CT molecular complexity index is 333. The van der Waals surface area contributed by atoms with Crippen LogP contribution >= 0.6 is 0 Å². The van der Waals surface area contributed by atoms with Crippen LogP contribution in [0.5, 0.6) is 0 Å². The Kier molecular flexibility index (Phi) is 2.90. The van der Waals surface area contributed by atoms with Gasteiger partial charge in [-0.25, -0.2) is 4.79 Å². The zero-order chi connectivity index (χ0) is 10.7. The maximum atomic E-state index is 11.8. The van der Waals surface area contributed by atoms with Crippen LogP contribution in [0.2, 0.25) is 0 Å². The molecule has 1 aliphatic rings. The van der Waals surface area contributed by atoms with Crippen molar-refractivity contribution in [1.82, 2.24) is 4.90 Å². The average molecular weight is 204 g/mol. The molecule has 1 N–H and O–H groups in total. The summed E-state index contributed by atoms with van der Waals surface area (Å²) in [6, 6.07) is 10.1. The van der Waals surface area contributed by atoms with Gasteiger partial charge in [0.05, 0.1) is 0 Å². The molecule has 1 aliphatic carbocycles. The van der Waals surface area contributed by atoms with Crippen molar-refractivity contribution in [3.63, 3.8) is 0 Å². The van der Waals surface area contributed by atoms with E-state index in [4.69, 9.17) is 0 Å². The monoisotopic (exact) mass is 204 g/mol. The van der Waals surface area contributed by atoms with Crippen molar-refractivity contribution in [3.05, 3.63) is 30.3 Å². The van der Waals surface area contributed by atoms with Gasteiger partial charge in [0, 0.05) is 18.3 Å². The molecule has 2 rings (SSSR count). The predicted molar refractivity (Wildman–Crippen MR) is 60.9 cm³/mol. The van der Waals surface area contributed by atoms with Crippen molar-refractivity contribution in [2.45, 2.75) is 25.8 Å². The maximum absolute atomic E-state index is 11.8. The molecule has 1 fully saturated rings. The van der Waals surface area contributed by atoms with Gasteiger partial charge in [-0.05, 0) is 31.9 Å². The molecule has 2 amide bonds. The normalized spacial score (nSPS) is 14.7. The molecule has 0 spiro atoms. The second kappa shape index (κ2) is 4.34. The van der Waals surface area contributed by atoms with Crippen LogP contribution in [0.15, 0.2) is 30.3 Å². The summed E-state index contributed by atoms with van der Waals surface area (Å²) in [6.45, 7) is 2.80. The molecular weight excluding hydrogens is 188 g/mol. The molecule has 0 saturated heterocycles. The minimum absolute atomic E-state index is 0.0196.